The van der Waals surface area contributed by atoms with E-state index in [0.29, 0.717) is 0 Å². The number of nitrogens with one attached hydrogen (secondary N) is 2. The number of carboxylic acids is 1. The molecule has 17 heavy (non-hydrogen) atoms. The van der Waals surface area contributed by atoms with Gasteiger partial charge in [0, 0.05) is 18.5 Å². The Hall–Kier alpha value is -1.30. The van der Waals surface area contributed by atoms with Gasteiger partial charge in [0.1, 0.15) is 0 Å². The second-order valence-electron chi connectivity index (χ2n) is 4.51. The van der Waals surface area contributed by atoms with Gasteiger partial charge in [0.2, 0.25) is 0 Å². The van der Waals surface area contributed by atoms with Crippen LogP contribution in [-0.2, 0) is 4.79 Å². The molecule has 1 aliphatic rings. The van der Waals surface area contributed by atoms with Gasteiger partial charge in [0.25, 0.3) is 0 Å². The molecule has 0 saturated heterocycles. The molecule has 0 aliphatic heterocycles. The second kappa shape index (κ2) is 5.86. The number of urea groups is 1. The minimum Gasteiger partial charge on any atom is -0.479 e. The van der Waals surface area contributed by atoms with E-state index in [9.17, 15) is 9.59 Å². The predicted molar refractivity (Wildman–Crippen MR) is 61.7 cm³/mol. The van der Waals surface area contributed by atoms with Crippen molar-refractivity contribution in [2.75, 3.05) is 6.54 Å². The van der Waals surface area contributed by atoms with Crippen LogP contribution in [0.1, 0.15) is 39.0 Å². The SMILES string of the molecule is CCC1(NC(=O)NCC[C@H](O)C(=O)O)CCC1. The lowest BCUT2D eigenvalue weighted by molar-refractivity contribution is -0.146. The molecule has 0 aromatic rings. The number of aliphatic hydroxyl groups excluding tert-OH is 1. The lowest BCUT2D eigenvalue weighted by Gasteiger charge is -2.41. The maximum Gasteiger partial charge on any atom is 0.332 e. The fourth-order valence-electron chi connectivity index (χ4n) is 1.90. The van der Waals surface area contributed by atoms with Crippen molar-refractivity contribution in [1.82, 2.24) is 10.6 Å². The summed E-state index contributed by atoms with van der Waals surface area (Å²) >= 11 is 0. The minimum atomic E-state index is -1.42. The molecule has 0 spiro atoms. The van der Waals surface area contributed by atoms with E-state index >= 15 is 0 Å². The first-order valence-electron chi connectivity index (χ1n) is 5.96. The monoisotopic (exact) mass is 244 g/mol. The molecule has 0 unspecified atom stereocenters. The summed E-state index contributed by atoms with van der Waals surface area (Å²) in [5, 5.41) is 22.9. The van der Waals surface area contributed by atoms with Crippen LogP contribution in [0.2, 0.25) is 0 Å². The van der Waals surface area contributed by atoms with Crippen molar-refractivity contribution in [2.24, 2.45) is 0 Å². The Morgan fingerprint density at radius 2 is 2.06 bits per heavy atom. The smallest absolute Gasteiger partial charge is 0.332 e. The number of hydrogen-bond donors (Lipinski definition) is 4. The van der Waals surface area contributed by atoms with Gasteiger partial charge in [-0.1, -0.05) is 6.92 Å². The van der Waals surface area contributed by atoms with E-state index in [1.807, 2.05) is 6.92 Å². The first kappa shape index (κ1) is 13.8. The van der Waals surface area contributed by atoms with Crippen molar-refractivity contribution in [3.8, 4) is 0 Å². The third-order valence-corrected chi connectivity index (χ3v) is 3.35. The molecule has 0 aromatic heterocycles. The summed E-state index contributed by atoms with van der Waals surface area (Å²) in [4.78, 5) is 21.8. The van der Waals surface area contributed by atoms with Gasteiger partial charge in [-0.15, -0.1) is 0 Å². The van der Waals surface area contributed by atoms with Gasteiger partial charge in [-0.05, 0) is 25.7 Å². The third kappa shape index (κ3) is 3.89. The maximum atomic E-state index is 11.5. The van der Waals surface area contributed by atoms with Gasteiger partial charge in [-0.2, -0.15) is 0 Å². The molecule has 4 N–H and O–H groups in total. The Bertz CT molecular complexity index is 284. The third-order valence-electron chi connectivity index (χ3n) is 3.35. The molecule has 0 bridgehead atoms. The van der Waals surface area contributed by atoms with E-state index in [1.54, 1.807) is 0 Å². The topological polar surface area (TPSA) is 98.7 Å². The first-order valence-corrected chi connectivity index (χ1v) is 5.96. The molecule has 0 heterocycles. The molecule has 6 nitrogen and oxygen atoms in total. The number of hydrogen-bond acceptors (Lipinski definition) is 3. The van der Waals surface area contributed by atoms with E-state index in [1.165, 1.54) is 0 Å². The van der Waals surface area contributed by atoms with E-state index < -0.39 is 12.1 Å². The summed E-state index contributed by atoms with van der Waals surface area (Å²) < 4.78 is 0. The lowest BCUT2D eigenvalue weighted by atomic mass is 9.75. The van der Waals surface area contributed by atoms with E-state index in [4.69, 9.17) is 10.2 Å². The van der Waals surface area contributed by atoms with Gasteiger partial charge in [0.15, 0.2) is 6.10 Å². The largest absolute Gasteiger partial charge is 0.479 e. The van der Waals surface area contributed by atoms with E-state index in [-0.39, 0.29) is 24.5 Å². The standard InChI is InChI=1S/C11H20N2O4/c1-2-11(5-3-6-11)13-10(17)12-7-4-8(14)9(15)16/h8,14H,2-7H2,1H3,(H,15,16)(H2,12,13,17)/t8-/m0/s1. The number of amides is 2. The summed E-state index contributed by atoms with van der Waals surface area (Å²) in [6.07, 6.45) is 2.62. The zero-order valence-corrected chi connectivity index (χ0v) is 10.0. The Morgan fingerprint density at radius 3 is 2.47 bits per heavy atom. The fourth-order valence-corrected chi connectivity index (χ4v) is 1.90. The average molecular weight is 244 g/mol. The summed E-state index contributed by atoms with van der Waals surface area (Å²) in [6.45, 7) is 2.19. The van der Waals surface area contributed by atoms with Crippen LogP contribution >= 0.6 is 0 Å². The number of aliphatic hydroxyl groups is 1. The summed E-state index contributed by atoms with van der Waals surface area (Å²) in [6, 6.07) is -0.288. The normalized spacial score (nSPS) is 18.9. The van der Waals surface area contributed by atoms with Crippen LogP contribution in [0.5, 0.6) is 0 Å². The van der Waals surface area contributed by atoms with Gasteiger partial charge < -0.3 is 20.8 Å². The lowest BCUT2D eigenvalue weighted by Crippen LogP contribution is -2.56. The number of rotatable bonds is 6. The van der Waals surface area contributed by atoms with Gasteiger partial charge in [0.05, 0.1) is 0 Å². The molecule has 2 amide bonds. The average Bonchev–Trinajstić information content (AvgIpc) is 2.23. The summed E-state index contributed by atoms with van der Waals surface area (Å²) in [7, 11) is 0. The van der Waals surface area contributed by atoms with Crippen molar-refractivity contribution in [3.05, 3.63) is 0 Å². The van der Waals surface area contributed by atoms with Crippen LogP contribution in [0, 0.1) is 0 Å². The van der Waals surface area contributed by atoms with Gasteiger partial charge in [-0.25, -0.2) is 9.59 Å². The highest BCUT2D eigenvalue weighted by Crippen LogP contribution is 2.34. The zero-order valence-electron chi connectivity index (χ0n) is 10.0. The molecule has 98 valence electrons. The van der Waals surface area contributed by atoms with Crippen molar-refractivity contribution < 1.29 is 19.8 Å². The van der Waals surface area contributed by atoms with Gasteiger partial charge >= 0.3 is 12.0 Å². The molecule has 1 atom stereocenters. The maximum absolute atomic E-state index is 11.5. The number of carboxylic acid groups (broad SMARTS) is 1. The van der Waals surface area contributed by atoms with Crippen LogP contribution in [0.3, 0.4) is 0 Å². The summed E-state index contributed by atoms with van der Waals surface area (Å²) in [5.41, 5.74) is -0.0739. The highest BCUT2D eigenvalue weighted by molar-refractivity contribution is 5.75. The highest BCUT2D eigenvalue weighted by atomic mass is 16.4. The molecule has 1 fully saturated rings. The Balaban J connectivity index is 2.19. The highest BCUT2D eigenvalue weighted by Gasteiger charge is 2.36. The summed E-state index contributed by atoms with van der Waals surface area (Å²) in [5.74, 6) is -1.27. The molecular formula is C11H20N2O4. The first-order chi connectivity index (χ1) is 7.99. The van der Waals surface area contributed by atoms with Crippen molar-refractivity contribution in [3.63, 3.8) is 0 Å². The molecule has 0 radical (unpaired) electrons. The quantitative estimate of drug-likeness (QED) is 0.545. The number of carbonyl (C=O) groups excluding carboxylic acids is 1. The number of carbonyl (C=O) groups is 2. The molecule has 0 aromatic carbocycles. The van der Waals surface area contributed by atoms with Crippen LogP contribution in [0.4, 0.5) is 4.79 Å². The zero-order chi connectivity index (χ0) is 12.9. The van der Waals surface area contributed by atoms with Crippen molar-refractivity contribution in [2.45, 2.75) is 50.7 Å². The van der Waals surface area contributed by atoms with Gasteiger partial charge in [-0.3, -0.25) is 0 Å². The molecule has 1 aliphatic carbocycles. The van der Waals surface area contributed by atoms with E-state index in [0.717, 1.165) is 25.7 Å². The fraction of sp³-hybridized carbons (Fsp3) is 0.818. The van der Waals surface area contributed by atoms with Crippen molar-refractivity contribution in [1.29, 1.82) is 0 Å². The van der Waals surface area contributed by atoms with Crippen LogP contribution < -0.4 is 10.6 Å². The Kier molecular flexibility index (Phi) is 4.74. The molecule has 1 saturated carbocycles. The molecule has 1 rings (SSSR count). The molecule has 6 heteroatoms. The Labute approximate surface area is 100 Å². The molecular weight excluding hydrogens is 224 g/mol. The van der Waals surface area contributed by atoms with Crippen LogP contribution in [0.25, 0.3) is 0 Å². The Morgan fingerprint density at radius 1 is 1.41 bits per heavy atom. The minimum absolute atomic E-state index is 0.0158. The van der Waals surface area contributed by atoms with E-state index in [2.05, 4.69) is 10.6 Å². The second-order valence-corrected chi connectivity index (χ2v) is 4.51. The van der Waals surface area contributed by atoms with Crippen LogP contribution in [0.15, 0.2) is 0 Å². The number of aliphatic carboxylic acids is 1. The predicted octanol–water partition coefficient (Wildman–Crippen LogP) is 0.454. The van der Waals surface area contributed by atoms with Crippen molar-refractivity contribution >= 4 is 12.0 Å². The van der Waals surface area contributed by atoms with Crippen LogP contribution in [-0.4, -0.2) is 40.4 Å².